The Labute approximate surface area is 102 Å². The van der Waals surface area contributed by atoms with Crippen molar-refractivity contribution < 1.29 is 0 Å². The van der Waals surface area contributed by atoms with Gasteiger partial charge in [0.05, 0.1) is 0 Å². The van der Waals surface area contributed by atoms with E-state index in [9.17, 15) is 0 Å². The number of H-pyrrole nitrogens is 1. The first kappa shape index (κ1) is 10.8. The van der Waals surface area contributed by atoms with Gasteiger partial charge in [-0.2, -0.15) is 0 Å². The second-order valence-electron chi connectivity index (χ2n) is 5.19. The third-order valence-electron chi connectivity index (χ3n) is 4.09. The van der Waals surface area contributed by atoms with Crippen LogP contribution in [0.25, 0.3) is 10.9 Å². The molecule has 1 aromatic carbocycles. The monoisotopic (exact) mass is 228 g/mol. The maximum absolute atomic E-state index is 3.51. The molecule has 17 heavy (non-hydrogen) atoms. The fourth-order valence-electron chi connectivity index (χ4n) is 3.03. The van der Waals surface area contributed by atoms with Crippen LogP contribution in [-0.2, 0) is 0 Å². The van der Waals surface area contributed by atoms with Crippen LogP contribution in [0.1, 0.15) is 35.6 Å². The molecule has 3 rings (SSSR count). The summed E-state index contributed by atoms with van der Waals surface area (Å²) in [6, 6.07) is 6.68. The SMILES string of the molecule is Cc1[nH]c2cccc([C@H]3CCCNC3)c2c1C. The largest absolute Gasteiger partial charge is 0.358 e. The smallest absolute Gasteiger partial charge is 0.0461 e. The van der Waals surface area contributed by atoms with Gasteiger partial charge < -0.3 is 10.3 Å². The minimum absolute atomic E-state index is 0.682. The van der Waals surface area contributed by atoms with E-state index >= 15 is 0 Å². The molecule has 0 saturated carbocycles. The van der Waals surface area contributed by atoms with Crippen molar-refractivity contribution in [3.05, 3.63) is 35.0 Å². The van der Waals surface area contributed by atoms with Crippen LogP contribution in [0.5, 0.6) is 0 Å². The number of benzene rings is 1. The van der Waals surface area contributed by atoms with Crippen molar-refractivity contribution in [2.24, 2.45) is 0 Å². The quantitative estimate of drug-likeness (QED) is 0.770. The lowest BCUT2D eigenvalue weighted by Crippen LogP contribution is -2.28. The Balaban J connectivity index is 2.14. The molecule has 1 aromatic heterocycles. The Bertz CT molecular complexity index is 533. The van der Waals surface area contributed by atoms with Crippen molar-refractivity contribution in [1.29, 1.82) is 0 Å². The molecule has 0 amide bonds. The minimum atomic E-state index is 0.682. The zero-order valence-electron chi connectivity index (χ0n) is 10.6. The van der Waals surface area contributed by atoms with E-state index in [4.69, 9.17) is 0 Å². The third kappa shape index (κ3) is 1.77. The van der Waals surface area contributed by atoms with Crippen LogP contribution >= 0.6 is 0 Å². The Hall–Kier alpha value is -1.28. The molecular weight excluding hydrogens is 208 g/mol. The number of aryl methyl sites for hydroxylation is 2. The minimum Gasteiger partial charge on any atom is -0.358 e. The molecule has 2 N–H and O–H groups in total. The molecule has 1 saturated heterocycles. The van der Waals surface area contributed by atoms with Crippen molar-refractivity contribution in [1.82, 2.24) is 10.3 Å². The van der Waals surface area contributed by atoms with Gasteiger partial charge in [-0.1, -0.05) is 12.1 Å². The van der Waals surface area contributed by atoms with E-state index in [1.165, 1.54) is 47.1 Å². The molecule has 2 aromatic rings. The first-order valence-electron chi connectivity index (χ1n) is 6.56. The summed E-state index contributed by atoms with van der Waals surface area (Å²) in [7, 11) is 0. The van der Waals surface area contributed by atoms with Gasteiger partial charge in [-0.05, 0) is 56.3 Å². The lowest BCUT2D eigenvalue weighted by atomic mass is 9.88. The van der Waals surface area contributed by atoms with Gasteiger partial charge in [-0.25, -0.2) is 0 Å². The predicted molar refractivity (Wildman–Crippen MR) is 72.6 cm³/mol. The summed E-state index contributed by atoms with van der Waals surface area (Å²) in [5.74, 6) is 0.682. The Kier molecular flexibility index (Phi) is 2.67. The number of hydrogen-bond donors (Lipinski definition) is 2. The molecule has 0 spiro atoms. The molecule has 0 unspecified atom stereocenters. The van der Waals surface area contributed by atoms with Gasteiger partial charge in [0.15, 0.2) is 0 Å². The Morgan fingerprint density at radius 1 is 1.24 bits per heavy atom. The number of aromatic nitrogens is 1. The molecule has 2 heterocycles. The summed E-state index contributed by atoms with van der Waals surface area (Å²) in [6.07, 6.45) is 2.61. The molecule has 0 aliphatic carbocycles. The highest BCUT2D eigenvalue weighted by molar-refractivity contribution is 5.88. The van der Waals surface area contributed by atoms with Crippen molar-refractivity contribution in [3.63, 3.8) is 0 Å². The summed E-state index contributed by atoms with van der Waals surface area (Å²) in [5, 5.41) is 4.97. The topological polar surface area (TPSA) is 27.8 Å². The van der Waals surface area contributed by atoms with Gasteiger partial charge in [0.25, 0.3) is 0 Å². The highest BCUT2D eigenvalue weighted by Crippen LogP contribution is 2.32. The zero-order valence-corrected chi connectivity index (χ0v) is 10.6. The summed E-state index contributed by atoms with van der Waals surface area (Å²) in [5.41, 5.74) is 5.54. The van der Waals surface area contributed by atoms with E-state index in [0.717, 1.165) is 6.54 Å². The Morgan fingerprint density at radius 2 is 2.12 bits per heavy atom. The number of piperidine rings is 1. The van der Waals surface area contributed by atoms with Crippen molar-refractivity contribution >= 4 is 10.9 Å². The van der Waals surface area contributed by atoms with Crippen LogP contribution < -0.4 is 5.32 Å². The molecule has 1 atom stereocenters. The van der Waals surface area contributed by atoms with Crippen molar-refractivity contribution in [2.45, 2.75) is 32.6 Å². The molecule has 90 valence electrons. The molecule has 1 aliphatic rings. The van der Waals surface area contributed by atoms with Gasteiger partial charge in [-0.3, -0.25) is 0 Å². The van der Waals surface area contributed by atoms with Crippen LogP contribution in [-0.4, -0.2) is 18.1 Å². The number of nitrogens with one attached hydrogen (secondary N) is 2. The van der Waals surface area contributed by atoms with Crippen LogP contribution in [0.15, 0.2) is 18.2 Å². The number of fused-ring (bicyclic) bond motifs is 1. The second-order valence-corrected chi connectivity index (χ2v) is 5.19. The molecule has 0 radical (unpaired) electrons. The number of rotatable bonds is 1. The first-order chi connectivity index (χ1) is 8.27. The maximum Gasteiger partial charge on any atom is 0.0461 e. The van der Waals surface area contributed by atoms with E-state index in [1.54, 1.807) is 0 Å². The van der Waals surface area contributed by atoms with Crippen molar-refractivity contribution in [2.75, 3.05) is 13.1 Å². The molecule has 1 aliphatic heterocycles. The van der Waals surface area contributed by atoms with E-state index in [2.05, 4.69) is 42.3 Å². The van der Waals surface area contributed by atoms with Crippen LogP contribution in [0.3, 0.4) is 0 Å². The third-order valence-corrected chi connectivity index (χ3v) is 4.09. The lowest BCUT2D eigenvalue weighted by Gasteiger charge is -2.24. The van der Waals surface area contributed by atoms with Gasteiger partial charge in [0.2, 0.25) is 0 Å². The van der Waals surface area contributed by atoms with E-state index in [-0.39, 0.29) is 0 Å². The van der Waals surface area contributed by atoms with Crippen LogP contribution in [0, 0.1) is 13.8 Å². The molecular formula is C15H20N2. The highest BCUT2D eigenvalue weighted by atomic mass is 14.9. The normalized spacial score (nSPS) is 20.9. The molecule has 2 nitrogen and oxygen atoms in total. The van der Waals surface area contributed by atoms with Gasteiger partial charge >= 0.3 is 0 Å². The summed E-state index contributed by atoms with van der Waals surface area (Å²) < 4.78 is 0. The van der Waals surface area contributed by atoms with E-state index in [0.29, 0.717) is 5.92 Å². The second kappa shape index (κ2) is 4.19. The lowest BCUT2D eigenvalue weighted by molar-refractivity contribution is 0.463. The van der Waals surface area contributed by atoms with Crippen LogP contribution in [0.4, 0.5) is 0 Å². The molecule has 0 bridgehead atoms. The van der Waals surface area contributed by atoms with Gasteiger partial charge in [-0.15, -0.1) is 0 Å². The number of aromatic amines is 1. The maximum atomic E-state index is 3.51. The summed E-state index contributed by atoms with van der Waals surface area (Å²) in [4.78, 5) is 3.49. The van der Waals surface area contributed by atoms with Crippen LogP contribution in [0.2, 0.25) is 0 Å². The number of hydrogen-bond acceptors (Lipinski definition) is 1. The first-order valence-corrected chi connectivity index (χ1v) is 6.56. The predicted octanol–water partition coefficient (Wildman–Crippen LogP) is 3.25. The van der Waals surface area contributed by atoms with E-state index < -0.39 is 0 Å². The fourth-order valence-corrected chi connectivity index (χ4v) is 3.03. The standard InChI is InChI=1S/C15H20N2/c1-10-11(2)17-14-7-3-6-13(15(10)14)12-5-4-8-16-9-12/h3,6-7,12,16-17H,4-5,8-9H2,1-2H3/t12-/m0/s1. The summed E-state index contributed by atoms with van der Waals surface area (Å²) >= 11 is 0. The fraction of sp³-hybridized carbons (Fsp3) is 0.467. The average Bonchev–Trinajstić information content (AvgIpc) is 2.66. The van der Waals surface area contributed by atoms with Gasteiger partial charge in [0, 0.05) is 23.1 Å². The highest BCUT2D eigenvalue weighted by Gasteiger charge is 2.19. The van der Waals surface area contributed by atoms with Crippen molar-refractivity contribution in [3.8, 4) is 0 Å². The summed E-state index contributed by atoms with van der Waals surface area (Å²) in [6.45, 7) is 6.70. The van der Waals surface area contributed by atoms with E-state index in [1.807, 2.05) is 0 Å². The van der Waals surface area contributed by atoms with Gasteiger partial charge in [0.1, 0.15) is 0 Å². The molecule has 1 fully saturated rings. The zero-order chi connectivity index (χ0) is 11.8. The average molecular weight is 228 g/mol. The Morgan fingerprint density at radius 3 is 2.88 bits per heavy atom. The molecule has 2 heteroatoms.